The van der Waals surface area contributed by atoms with Crippen molar-refractivity contribution in [3.63, 3.8) is 0 Å². The summed E-state index contributed by atoms with van der Waals surface area (Å²) in [6, 6.07) is 12.9. The molecule has 1 aromatic heterocycles. The predicted molar refractivity (Wildman–Crippen MR) is 70.5 cm³/mol. The number of alkyl halides is 3. The first-order valence-corrected chi connectivity index (χ1v) is 5.88. The Labute approximate surface area is 112 Å². The Morgan fingerprint density at radius 3 is 2.30 bits per heavy atom. The van der Waals surface area contributed by atoms with E-state index in [1.165, 1.54) is 6.07 Å². The quantitative estimate of drug-likeness (QED) is 0.690. The molecule has 2 N–H and O–H groups in total. The second kappa shape index (κ2) is 4.26. The molecule has 20 heavy (non-hydrogen) atoms. The van der Waals surface area contributed by atoms with Gasteiger partial charge in [-0.3, -0.25) is 4.57 Å². The van der Waals surface area contributed by atoms with Crippen molar-refractivity contribution >= 4 is 16.7 Å². The SMILES string of the molecule is Nc1cccc2nc(C(F)(F)F)n(-c3ccccc3)c12. The number of hydrogen-bond donors (Lipinski definition) is 1. The van der Waals surface area contributed by atoms with Crippen LogP contribution in [0.1, 0.15) is 5.82 Å². The molecule has 0 fully saturated rings. The lowest BCUT2D eigenvalue weighted by atomic mass is 10.2. The van der Waals surface area contributed by atoms with E-state index in [-0.39, 0.29) is 16.7 Å². The predicted octanol–water partition coefficient (Wildman–Crippen LogP) is 3.63. The van der Waals surface area contributed by atoms with Crippen LogP contribution in [0.15, 0.2) is 48.5 Å². The fraction of sp³-hybridized carbons (Fsp3) is 0.0714. The van der Waals surface area contributed by atoms with Gasteiger partial charge in [0.1, 0.15) is 0 Å². The Morgan fingerprint density at radius 1 is 0.950 bits per heavy atom. The molecule has 102 valence electrons. The first-order valence-electron chi connectivity index (χ1n) is 5.88. The van der Waals surface area contributed by atoms with Gasteiger partial charge in [0.15, 0.2) is 0 Å². The highest BCUT2D eigenvalue weighted by Gasteiger charge is 2.38. The molecule has 0 aliphatic heterocycles. The number of benzene rings is 2. The normalized spacial score (nSPS) is 11.9. The van der Waals surface area contributed by atoms with Crippen LogP contribution < -0.4 is 5.73 Å². The lowest BCUT2D eigenvalue weighted by Gasteiger charge is -2.12. The topological polar surface area (TPSA) is 43.8 Å². The second-order valence-electron chi connectivity index (χ2n) is 4.32. The van der Waals surface area contributed by atoms with Crippen LogP contribution in [0.4, 0.5) is 18.9 Å². The van der Waals surface area contributed by atoms with E-state index in [2.05, 4.69) is 4.98 Å². The van der Waals surface area contributed by atoms with Crippen LogP contribution in [0.3, 0.4) is 0 Å². The summed E-state index contributed by atoms with van der Waals surface area (Å²) in [6.45, 7) is 0. The number of aromatic nitrogens is 2. The van der Waals surface area contributed by atoms with Crippen molar-refractivity contribution in [2.45, 2.75) is 6.18 Å². The van der Waals surface area contributed by atoms with Gasteiger partial charge in [-0.25, -0.2) is 4.98 Å². The highest BCUT2D eigenvalue weighted by molar-refractivity contribution is 5.89. The van der Waals surface area contributed by atoms with Crippen molar-refractivity contribution in [1.29, 1.82) is 0 Å². The summed E-state index contributed by atoms with van der Waals surface area (Å²) in [4.78, 5) is 3.68. The standard InChI is InChI=1S/C14H10F3N3/c15-14(16,17)13-19-11-8-4-7-10(18)12(11)20(13)9-5-2-1-3-6-9/h1-8H,18H2. The van der Waals surface area contributed by atoms with E-state index in [0.717, 1.165) is 4.57 Å². The Bertz CT molecular complexity index is 760. The molecular formula is C14H10F3N3. The molecule has 0 atom stereocenters. The molecule has 0 aliphatic carbocycles. The minimum Gasteiger partial charge on any atom is -0.397 e. The number of nitrogens with zero attached hydrogens (tertiary/aromatic N) is 2. The molecule has 3 nitrogen and oxygen atoms in total. The van der Waals surface area contributed by atoms with Crippen LogP contribution in [0.5, 0.6) is 0 Å². The molecule has 3 aromatic rings. The summed E-state index contributed by atoms with van der Waals surface area (Å²) in [5, 5.41) is 0. The van der Waals surface area contributed by atoms with Gasteiger partial charge in [0, 0.05) is 5.69 Å². The molecule has 0 amide bonds. The molecule has 6 heteroatoms. The summed E-state index contributed by atoms with van der Waals surface area (Å²) in [5.74, 6) is -0.975. The largest absolute Gasteiger partial charge is 0.450 e. The molecular weight excluding hydrogens is 267 g/mol. The van der Waals surface area contributed by atoms with Crippen molar-refractivity contribution in [3.8, 4) is 5.69 Å². The summed E-state index contributed by atoms with van der Waals surface area (Å²) >= 11 is 0. The number of nitrogen functional groups attached to an aromatic ring is 1. The minimum absolute atomic E-state index is 0.223. The van der Waals surface area contributed by atoms with E-state index in [9.17, 15) is 13.2 Å². The van der Waals surface area contributed by atoms with Gasteiger partial charge in [0.05, 0.1) is 16.7 Å². The van der Waals surface area contributed by atoms with Gasteiger partial charge in [0.2, 0.25) is 5.82 Å². The highest BCUT2D eigenvalue weighted by Crippen LogP contribution is 2.35. The average molecular weight is 277 g/mol. The number of imidazole rings is 1. The van der Waals surface area contributed by atoms with Gasteiger partial charge >= 0.3 is 6.18 Å². The van der Waals surface area contributed by atoms with Crippen LogP contribution >= 0.6 is 0 Å². The molecule has 0 aliphatic rings. The van der Waals surface area contributed by atoms with E-state index < -0.39 is 12.0 Å². The number of anilines is 1. The molecule has 0 saturated carbocycles. The molecule has 0 radical (unpaired) electrons. The van der Waals surface area contributed by atoms with E-state index in [1.807, 2.05) is 0 Å². The fourth-order valence-electron chi connectivity index (χ4n) is 2.17. The number of nitrogens with two attached hydrogens (primary N) is 1. The number of rotatable bonds is 1. The molecule has 0 bridgehead atoms. The monoisotopic (exact) mass is 277 g/mol. The van der Waals surface area contributed by atoms with Crippen LogP contribution in [-0.4, -0.2) is 9.55 Å². The lowest BCUT2D eigenvalue weighted by molar-refractivity contribution is -0.145. The van der Waals surface area contributed by atoms with Gasteiger partial charge in [-0.05, 0) is 24.3 Å². The van der Waals surface area contributed by atoms with Crippen molar-refractivity contribution in [3.05, 3.63) is 54.4 Å². The van der Waals surface area contributed by atoms with E-state index >= 15 is 0 Å². The third kappa shape index (κ3) is 1.89. The Morgan fingerprint density at radius 2 is 1.65 bits per heavy atom. The Hall–Kier alpha value is -2.50. The number of fused-ring (bicyclic) bond motifs is 1. The van der Waals surface area contributed by atoms with Crippen molar-refractivity contribution in [1.82, 2.24) is 9.55 Å². The van der Waals surface area contributed by atoms with Gasteiger partial charge < -0.3 is 5.73 Å². The van der Waals surface area contributed by atoms with Crippen molar-refractivity contribution < 1.29 is 13.2 Å². The first-order chi connectivity index (χ1) is 9.48. The van der Waals surface area contributed by atoms with Crippen LogP contribution in [0, 0.1) is 0 Å². The molecule has 1 heterocycles. The zero-order valence-corrected chi connectivity index (χ0v) is 10.2. The van der Waals surface area contributed by atoms with Crippen LogP contribution in [-0.2, 0) is 6.18 Å². The zero-order valence-electron chi connectivity index (χ0n) is 10.2. The molecule has 0 spiro atoms. The van der Waals surface area contributed by atoms with Gasteiger partial charge in [0.25, 0.3) is 0 Å². The van der Waals surface area contributed by atoms with Crippen LogP contribution in [0.2, 0.25) is 0 Å². The number of halogens is 3. The number of para-hydroxylation sites is 2. The second-order valence-corrected chi connectivity index (χ2v) is 4.32. The maximum atomic E-state index is 13.2. The van der Waals surface area contributed by atoms with E-state index in [4.69, 9.17) is 5.73 Å². The lowest BCUT2D eigenvalue weighted by Crippen LogP contribution is -2.14. The molecule has 3 rings (SSSR count). The van der Waals surface area contributed by atoms with Crippen molar-refractivity contribution in [2.75, 3.05) is 5.73 Å². The summed E-state index contributed by atoms with van der Waals surface area (Å²) in [6.07, 6.45) is -4.55. The fourth-order valence-corrected chi connectivity index (χ4v) is 2.17. The average Bonchev–Trinajstić information content (AvgIpc) is 2.80. The summed E-state index contributed by atoms with van der Waals surface area (Å²) in [7, 11) is 0. The number of hydrogen-bond acceptors (Lipinski definition) is 2. The maximum absolute atomic E-state index is 13.2. The Kier molecular flexibility index (Phi) is 2.67. The Balaban J connectivity index is 2.43. The van der Waals surface area contributed by atoms with Gasteiger partial charge in [-0.2, -0.15) is 13.2 Å². The van der Waals surface area contributed by atoms with Crippen LogP contribution in [0.25, 0.3) is 16.7 Å². The first kappa shape index (κ1) is 12.5. The maximum Gasteiger partial charge on any atom is 0.450 e. The third-order valence-corrected chi connectivity index (χ3v) is 2.98. The zero-order chi connectivity index (χ0) is 14.3. The summed E-state index contributed by atoms with van der Waals surface area (Å²) in [5.41, 5.74) is 6.95. The van der Waals surface area contributed by atoms with E-state index in [1.54, 1.807) is 42.5 Å². The van der Waals surface area contributed by atoms with E-state index in [0.29, 0.717) is 5.69 Å². The van der Waals surface area contributed by atoms with Gasteiger partial charge in [-0.1, -0.05) is 24.3 Å². The highest BCUT2D eigenvalue weighted by atomic mass is 19.4. The minimum atomic E-state index is -4.55. The molecule has 2 aromatic carbocycles. The van der Waals surface area contributed by atoms with Crippen molar-refractivity contribution in [2.24, 2.45) is 0 Å². The van der Waals surface area contributed by atoms with Gasteiger partial charge in [-0.15, -0.1) is 0 Å². The third-order valence-electron chi connectivity index (χ3n) is 2.98. The summed E-state index contributed by atoms with van der Waals surface area (Å²) < 4.78 is 40.6. The molecule has 0 unspecified atom stereocenters. The smallest absolute Gasteiger partial charge is 0.397 e. The molecule has 0 saturated heterocycles.